The van der Waals surface area contributed by atoms with Crippen LogP contribution in [-0.2, 0) is 9.47 Å². The van der Waals surface area contributed by atoms with Crippen LogP contribution >= 0.6 is 0 Å². The lowest BCUT2D eigenvalue weighted by Crippen LogP contribution is -2.17. The fourth-order valence-electron chi connectivity index (χ4n) is 6.68. The number of rotatable bonds is 12. The van der Waals surface area contributed by atoms with Crippen molar-refractivity contribution in [2.45, 2.75) is 70.0 Å². The van der Waals surface area contributed by atoms with Crippen LogP contribution in [0, 0.1) is 0 Å². The standard InChI is InChI=1S/C24H27NO.C21H19N.C4H8O/c1-4-24(26-3)19(2)20-15-17-23(18-16-20)25(21-11-7-5-8-12-21)22-13-9-6-10-14-22;1-3-7-19(8-4-1)22(20-9-5-2-6-10-20)21-15-13-18(14-16-21)17-11-12-17;1-5-4-2-3-4/h5-19,24H,4H2,1-3H3;1-10,13-17H,11-12H2;4H,2-3H2,1H3. The zero-order valence-corrected chi connectivity index (χ0v) is 31.7. The van der Waals surface area contributed by atoms with Gasteiger partial charge in [0, 0.05) is 54.3 Å². The summed E-state index contributed by atoms with van der Waals surface area (Å²) in [6, 6.07) is 60.0. The van der Waals surface area contributed by atoms with E-state index in [2.05, 4.69) is 181 Å². The summed E-state index contributed by atoms with van der Waals surface area (Å²) in [6.45, 7) is 4.41. The number of hydrogen-bond acceptors (Lipinski definition) is 4. The molecule has 2 fully saturated rings. The Kier molecular flexibility index (Phi) is 13.5. The van der Waals surface area contributed by atoms with Gasteiger partial charge >= 0.3 is 0 Å². The van der Waals surface area contributed by atoms with Crippen molar-refractivity contribution >= 4 is 34.1 Å². The third-order valence-corrected chi connectivity index (χ3v) is 10.1. The van der Waals surface area contributed by atoms with E-state index in [9.17, 15) is 0 Å². The minimum Gasteiger partial charge on any atom is -0.381 e. The van der Waals surface area contributed by atoms with Crippen molar-refractivity contribution in [2.24, 2.45) is 0 Å². The summed E-state index contributed by atoms with van der Waals surface area (Å²) in [5, 5.41) is 0. The summed E-state index contributed by atoms with van der Waals surface area (Å²) in [5.74, 6) is 1.18. The maximum Gasteiger partial charge on any atom is 0.0634 e. The van der Waals surface area contributed by atoms with Crippen molar-refractivity contribution in [2.75, 3.05) is 24.0 Å². The van der Waals surface area contributed by atoms with Crippen molar-refractivity contribution < 1.29 is 9.47 Å². The number of hydrogen-bond donors (Lipinski definition) is 0. The molecular formula is C49H54N2O2. The smallest absolute Gasteiger partial charge is 0.0634 e. The molecule has 0 saturated heterocycles. The normalized spacial score (nSPS) is 14.4. The lowest BCUT2D eigenvalue weighted by molar-refractivity contribution is 0.0805. The van der Waals surface area contributed by atoms with Crippen molar-refractivity contribution in [3.8, 4) is 0 Å². The fourth-order valence-corrected chi connectivity index (χ4v) is 6.68. The number of anilines is 6. The summed E-state index contributed by atoms with van der Waals surface area (Å²) < 4.78 is 10.5. The van der Waals surface area contributed by atoms with Crippen LogP contribution in [0.1, 0.15) is 68.9 Å². The molecule has 2 aliphatic rings. The van der Waals surface area contributed by atoms with E-state index in [1.165, 1.54) is 53.9 Å². The second kappa shape index (κ2) is 19.1. The Morgan fingerprint density at radius 3 is 1.13 bits per heavy atom. The highest BCUT2D eigenvalue weighted by atomic mass is 16.5. The van der Waals surface area contributed by atoms with Gasteiger partial charge in [-0.2, -0.15) is 0 Å². The highest BCUT2D eigenvalue weighted by Crippen LogP contribution is 2.42. The molecule has 0 bridgehead atoms. The van der Waals surface area contributed by atoms with Crippen molar-refractivity contribution in [1.82, 2.24) is 0 Å². The Hall–Kier alpha value is -5.16. The third-order valence-electron chi connectivity index (χ3n) is 10.1. The van der Waals surface area contributed by atoms with E-state index in [-0.39, 0.29) is 6.10 Å². The summed E-state index contributed by atoms with van der Waals surface area (Å²) in [5.41, 5.74) is 9.84. The first-order valence-corrected chi connectivity index (χ1v) is 19.2. The third kappa shape index (κ3) is 10.5. The Labute approximate surface area is 317 Å². The molecule has 6 aromatic carbocycles. The topological polar surface area (TPSA) is 24.9 Å². The zero-order valence-electron chi connectivity index (χ0n) is 31.7. The quantitative estimate of drug-likeness (QED) is 0.127. The lowest BCUT2D eigenvalue weighted by Gasteiger charge is -2.26. The van der Waals surface area contributed by atoms with Crippen LogP contribution in [0.25, 0.3) is 0 Å². The highest BCUT2D eigenvalue weighted by molar-refractivity contribution is 5.77. The van der Waals surface area contributed by atoms with Crippen LogP contribution < -0.4 is 9.80 Å². The van der Waals surface area contributed by atoms with Gasteiger partial charge in [0.25, 0.3) is 0 Å². The molecule has 0 amide bonds. The van der Waals surface area contributed by atoms with Crippen molar-refractivity contribution in [3.63, 3.8) is 0 Å². The summed E-state index contributed by atoms with van der Waals surface area (Å²) in [6.07, 6.45) is 7.17. The number of methoxy groups -OCH3 is 2. The molecule has 0 N–H and O–H groups in total. The van der Waals surface area contributed by atoms with Gasteiger partial charge in [-0.1, -0.05) is 111 Å². The van der Waals surface area contributed by atoms with E-state index in [1.807, 2.05) is 12.1 Å². The average Bonchev–Trinajstić information content (AvgIpc) is 4.17. The molecule has 4 nitrogen and oxygen atoms in total. The largest absolute Gasteiger partial charge is 0.381 e. The second-order valence-corrected chi connectivity index (χ2v) is 13.9. The van der Waals surface area contributed by atoms with Gasteiger partial charge in [-0.3, -0.25) is 0 Å². The van der Waals surface area contributed by atoms with Crippen LogP contribution in [-0.4, -0.2) is 26.4 Å². The van der Waals surface area contributed by atoms with Gasteiger partial charge in [0.2, 0.25) is 0 Å². The first-order valence-electron chi connectivity index (χ1n) is 19.2. The van der Waals surface area contributed by atoms with Gasteiger partial charge in [-0.05, 0) is 122 Å². The summed E-state index contributed by atoms with van der Waals surface area (Å²) in [7, 11) is 3.56. The molecule has 4 heteroatoms. The zero-order chi connectivity index (χ0) is 36.8. The average molecular weight is 703 g/mol. The fraction of sp³-hybridized carbons (Fsp3) is 0.265. The van der Waals surface area contributed by atoms with E-state index in [4.69, 9.17) is 9.47 Å². The Morgan fingerprint density at radius 1 is 0.491 bits per heavy atom. The second-order valence-electron chi connectivity index (χ2n) is 13.9. The van der Waals surface area contributed by atoms with E-state index in [0.29, 0.717) is 12.0 Å². The maximum atomic E-state index is 5.62. The summed E-state index contributed by atoms with van der Waals surface area (Å²) in [4.78, 5) is 4.58. The molecule has 0 heterocycles. The highest BCUT2D eigenvalue weighted by Gasteiger charge is 2.24. The summed E-state index contributed by atoms with van der Waals surface area (Å²) >= 11 is 0. The van der Waals surface area contributed by atoms with Gasteiger partial charge in [-0.25, -0.2) is 0 Å². The number of nitrogens with zero attached hydrogens (tertiary/aromatic N) is 2. The molecular weight excluding hydrogens is 649 g/mol. The van der Waals surface area contributed by atoms with Crippen LogP contribution in [0.2, 0.25) is 0 Å². The molecule has 0 spiro atoms. The number of para-hydroxylation sites is 4. The van der Waals surface area contributed by atoms with Crippen molar-refractivity contribution in [1.29, 1.82) is 0 Å². The van der Waals surface area contributed by atoms with Gasteiger partial charge in [0.15, 0.2) is 0 Å². The molecule has 6 aromatic rings. The predicted molar refractivity (Wildman–Crippen MR) is 224 cm³/mol. The van der Waals surface area contributed by atoms with E-state index in [1.54, 1.807) is 14.2 Å². The molecule has 53 heavy (non-hydrogen) atoms. The molecule has 2 saturated carbocycles. The van der Waals surface area contributed by atoms with E-state index < -0.39 is 0 Å². The van der Waals surface area contributed by atoms with Gasteiger partial charge < -0.3 is 19.3 Å². The Morgan fingerprint density at radius 2 is 0.849 bits per heavy atom. The van der Waals surface area contributed by atoms with E-state index >= 15 is 0 Å². The Balaban J connectivity index is 0.000000161. The maximum absolute atomic E-state index is 5.62. The van der Waals surface area contributed by atoms with E-state index in [0.717, 1.165) is 29.4 Å². The van der Waals surface area contributed by atoms with Crippen LogP contribution in [0.15, 0.2) is 170 Å². The first-order chi connectivity index (χ1) is 26.1. The lowest BCUT2D eigenvalue weighted by atomic mass is 9.93. The van der Waals surface area contributed by atoms with Crippen LogP contribution in [0.3, 0.4) is 0 Å². The van der Waals surface area contributed by atoms with Gasteiger partial charge in [0.1, 0.15) is 0 Å². The van der Waals surface area contributed by atoms with Crippen molar-refractivity contribution in [3.05, 3.63) is 181 Å². The van der Waals surface area contributed by atoms with Crippen LogP contribution in [0.5, 0.6) is 0 Å². The molecule has 2 aliphatic carbocycles. The molecule has 0 radical (unpaired) electrons. The monoisotopic (exact) mass is 702 g/mol. The first kappa shape index (κ1) is 37.6. The van der Waals surface area contributed by atoms with Gasteiger partial charge in [-0.15, -0.1) is 0 Å². The molecule has 2 atom stereocenters. The molecule has 0 aromatic heterocycles. The minimum absolute atomic E-state index is 0.250. The minimum atomic E-state index is 0.250. The molecule has 8 rings (SSSR count). The molecule has 272 valence electrons. The number of ether oxygens (including phenoxy) is 2. The predicted octanol–water partition coefficient (Wildman–Crippen LogP) is 13.5. The van der Waals surface area contributed by atoms with Crippen LogP contribution in [0.4, 0.5) is 34.1 Å². The molecule has 2 unspecified atom stereocenters. The SMILES string of the molecule is CCC(OC)C(C)c1ccc(N(c2ccccc2)c2ccccc2)cc1.COC1CC1.c1ccc(N(c2ccccc2)c2ccc(C3CC3)cc2)cc1. The van der Waals surface area contributed by atoms with Gasteiger partial charge in [0.05, 0.1) is 12.2 Å². The number of benzene rings is 6. The Bertz CT molecular complexity index is 1810. The molecule has 0 aliphatic heterocycles.